The molecule has 0 nitrogen and oxygen atoms in total. The van der Waals surface area contributed by atoms with Crippen molar-refractivity contribution in [1.82, 2.24) is 0 Å². The van der Waals surface area contributed by atoms with Crippen LogP contribution in [0.2, 0.25) is 0 Å². The Balaban J connectivity index is 2.84. The molecule has 0 radical (unpaired) electrons. The molecule has 0 bridgehead atoms. The fourth-order valence-electron chi connectivity index (χ4n) is 1.15. The van der Waals surface area contributed by atoms with Gasteiger partial charge in [0.05, 0.1) is 0 Å². The van der Waals surface area contributed by atoms with E-state index in [9.17, 15) is 8.78 Å². The fourth-order valence-corrected chi connectivity index (χ4v) is 1.84. The van der Waals surface area contributed by atoms with E-state index in [4.69, 9.17) is 0 Å². The number of rotatable bonds is 3. The van der Waals surface area contributed by atoms with E-state index in [1.807, 2.05) is 6.92 Å². The maximum atomic E-state index is 12.8. The molecular weight excluding hydrogens is 238 g/mol. The van der Waals surface area contributed by atoms with Crippen LogP contribution >= 0.6 is 15.9 Å². The molecule has 3 heteroatoms. The van der Waals surface area contributed by atoms with Crippen LogP contribution in [0, 0.1) is 11.6 Å². The largest absolute Gasteiger partial charge is 0.204 e. The molecule has 1 atom stereocenters. The Morgan fingerprint density at radius 1 is 1.31 bits per heavy atom. The summed E-state index contributed by atoms with van der Waals surface area (Å²) in [6, 6.07) is 4.07. The first kappa shape index (κ1) is 10.6. The highest BCUT2D eigenvalue weighted by molar-refractivity contribution is 9.09. The smallest absolute Gasteiger partial charge is 0.159 e. The average Bonchev–Trinajstić information content (AvgIpc) is 2.10. The Labute approximate surface area is 85.1 Å². The standard InChI is InChI=1S/C10H11BrF2/c1-7(4-5-11)8-2-3-9(12)10(13)6-8/h2-3,6-7H,4-5H2,1H3. The van der Waals surface area contributed by atoms with E-state index in [-0.39, 0.29) is 5.92 Å². The molecule has 0 fully saturated rings. The Bertz CT molecular complexity index is 286. The van der Waals surface area contributed by atoms with Gasteiger partial charge in [0.25, 0.3) is 0 Å². The van der Waals surface area contributed by atoms with Crippen molar-refractivity contribution in [2.75, 3.05) is 5.33 Å². The zero-order valence-corrected chi connectivity index (χ0v) is 8.94. The van der Waals surface area contributed by atoms with E-state index in [0.717, 1.165) is 17.3 Å². The van der Waals surface area contributed by atoms with Gasteiger partial charge in [0.2, 0.25) is 0 Å². The van der Waals surface area contributed by atoms with Crippen LogP contribution in [0.15, 0.2) is 18.2 Å². The van der Waals surface area contributed by atoms with Crippen LogP contribution in [0.1, 0.15) is 24.8 Å². The maximum Gasteiger partial charge on any atom is 0.159 e. The van der Waals surface area contributed by atoms with Crippen molar-refractivity contribution < 1.29 is 8.78 Å². The van der Waals surface area contributed by atoms with Gasteiger partial charge in [-0.1, -0.05) is 28.9 Å². The summed E-state index contributed by atoms with van der Waals surface area (Å²) in [5.74, 6) is -1.29. The second kappa shape index (κ2) is 4.70. The Hall–Kier alpha value is -0.440. The molecule has 72 valence electrons. The van der Waals surface area contributed by atoms with Crippen LogP contribution in [-0.2, 0) is 0 Å². The van der Waals surface area contributed by atoms with Crippen LogP contribution < -0.4 is 0 Å². The lowest BCUT2D eigenvalue weighted by atomic mass is 9.99. The van der Waals surface area contributed by atoms with Gasteiger partial charge in [-0.15, -0.1) is 0 Å². The third-order valence-electron chi connectivity index (χ3n) is 2.05. The minimum absolute atomic E-state index is 0.259. The van der Waals surface area contributed by atoms with Crippen LogP contribution in [0.4, 0.5) is 8.78 Å². The van der Waals surface area contributed by atoms with Gasteiger partial charge in [0, 0.05) is 5.33 Å². The molecule has 0 saturated heterocycles. The summed E-state index contributed by atoms with van der Waals surface area (Å²) in [6.45, 7) is 1.99. The first-order chi connectivity index (χ1) is 6.15. The molecular formula is C10H11BrF2. The van der Waals surface area contributed by atoms with E-state index in [2.05, 4.69) is 15.9 Å². The molecule has 0 amide bonds. The van der Waals surface area contributed by atoms with Crippen molar-refractivity contribution >= 4 is 15.9 Å². The molecule has 0 aromatic heterocycles. The highest BCUT2D eigenvalue weighted by Crippen LogP contribution is 2.21. The van der Waals surface area contributed by atoms with Gasteiger partial charge >= 0.3 is 0 Å². The summed E-state index contributed by atoms with van der Waals surface area (Å²) in [5.41, 5.74) is 0.846. The third kappa shape index (κ3) is 2.76. The molecule has 13 heavy (non-hydrogen) atoms. The van der Waals surface area contributed by atoms with Crippen LogP contribution in [-0.4, -0.2) is 5.33 Å². The molecule has 1 rings (SSSR count). The number of halogens is 3. The van der Waals surface area contributed by atoms with Gasteiger partial charge in [-0.05, 0) is 30.0 Å². The summed E-state index contributed by atoms with van der Waals surface area (Å²) in [4.78, 5) is 0. The minimum atomic E-state index is -0.783. The van der Waals surface area contributed by atoms with Crippen molar-refractivity contribution in [3.05, 3.63) is 35.4 Å². The van der Waals surface area contributed by atoms with Crippen molar-refractivity contribution in [1.29, 1.82) is 0 Å². The SMILES string of the molecule is CC(CCBr)c1ccc(F)c(F)c1. The Morgan fingerprint density at radius 3 is 2.54 bits per heavy atom. The highest BCUT2D eigenvalue weighted by Gasteiger charge is 2.08. The summed E-state index contributed by atoms with van der Waals surface area (Å²) >= 11 is 3.31. The molecule has 0 saturated carbocycles. The molecule has 1 aromatic rings. The molecule has 1 unspecified atom stereocenters. The number of benzene rings is 1. The Morgan fingerprint density at radius 2 is 2.00 bits per heavy atom. The lowest BCUT2D eigenvalue weighted by Gasteiger charge is -2.09. The van der Waals surface area contributed by atoms with Crippen molar-refractivity contribution in [2.45, 2.75) is 19.3 Å². The predicted molar refractivity (Wildman–Crippen MR) is 53.2 cm³/mol. The van der Waals surface area contributed by atoms with E-state index in [1.54, 1.807) is 6.07 Å². The number of hydrogen-bond acceptors (Lipinski definition) is 0. The van der Waals surface area contributed by atoms with Gasteiger partial charge in [-0.2, -0.15) is 0 Å². The summed E-state index contributed by atoms with van der Waals surface area (Å²) in [7, 11) is 0. The van der Waals surface area contributed by atoms with Gasteiger partial charge in [-0.3, -0.25) is 0 Å². The monoisotopic (exact) mass is 248 g/mol. The van der Waals surface area contributed by atoms with Gasteiger partial charge in [0.1, 0.15) is 0 Å². The number of alkyl halides is 1. The minimum Gasteiger partial charge on any atom is -0.204 e. The van der Waals surface area contributed by atoms with Crippen molar-refractivity contribution in [3.8, 4) is 0 Å². The lowest BCUT2D eigenvalue weighted by Crippen LogP contribution is -1.96. The van der Waals surface area contributed by atoms with Crippen LogP contribution in [0.25, 0.3) is 0 Å². The van der Waals surface area contributed by atoms with Gasteiger partial charge in [-0.25, -0.2) is 8.78 Å². The second-order valence-corrected chi connectivity index (χ2v) is 3.85. The van der Waals surface area contributed by atoms with Crippen LogP contribution in [0.5, 0.6) is 0 Å². The molecule has 1 aromatic carbocycles. The quantitative estimate of drug-likeness (QED) is 0.713. The van der Waals surface area contributed by atoms with E-state index in [1.165, 1.54) is 12.1 Å². The topological polar surface area (TPSA) is 0 Å². The first-order valence-corrected chi connectivity index (χ1v) is 5.28. The zero-order chi connectivity index (χ0) is 9.84. The van der Waals surface area contributed by atoms with E-state index < -0.39 is 11.6 Å². The van der Waals surface area contributed by atoms with Gasteiger partial charge in [0.15, 0.2) is 11.6 Å². The fraction of sp³-hybridized carbons (Fsp3) is 0.400. The predicted octanol–water partition coefficient (Wildman–Crippen LogP) is 3.85. The maximum absolute atomic E-state index is 12.8. The van der Waals surface area contributed by atoms with E-state index >= 15 is 0 Å². The molecule has 0 aliphatic carbocycles. The highest BCUT2D eigenvalue weighted by atomic mass is 79.9. The Kier molecular flexibility index (Phi) is 3.85. The third-order valence-corrected chi connectivity index (χ3v) is 2.51. The molecule has 0 heterocycles. The molecule has 0 aliphatic heterocycles. The first-order valence-electron chi connectivity index (χ1n) is 4.16. The van der Waals surface area contributed by atoms with Crippen LogP contribution in [0.3, 0.4) is 0 Å². The number of hydrogen-bond donors (Lipinski definition) is 0. The normalized spacial score (nSPS) is 12.9. The molecule has 0 spiro atoms. The molecule has 0 aliphatic rings. The van der Waals surface area contributed by atoms with E-state index in [0.29, 0.717) is 0 Å². The summed E-state index contributed by atoms with van der Waals surface area (Å²) in [5, 5.41) is 0.868. The second-order valence-electron chi connectivity index (χ2n) is 3.05. The van der Waals surface area contributed by atoms with Crippen molar-refractivity contribution in [2.24, 2.45) is 0 Å². The van der Waals surface area contributed by atoms with Crippen molar-refractivity contribution in [3.63, 3.8) is 0 Å². The molecule has 0 N–H and O–H groups in total. The zero-order valence-electron chi connectivity index (χ0n) is 7.36. The average molecular weight is 249 g/mol. The lowest BCUT2D eigenvalue weighted by molar-refractivity contribution is 0.505. The summed E-state index contributed by atoms with van der Waals surface area (Å²) in [6.07, 6.45) is 0.922. The summed E-state index contributed by atoms with van der Waals surface area (Å²) < 4.78 is 25.4. The van der Waals surface area contributed by atoms with Gasteiger partial charge < -0.3 is 0 Å².